The Kier molecular flexibility index (Phi) is 7.63. The molecule has 28 heavy (non-hydrogen) atoms. The van der Waals surface area contributed by atoms with Crippen molar-refractivity contribution in [3.63, 3.8) is 0 Å². The van der Waals surface area contributed by atoms with Gasteiger partial charge in [-0.05, 0) is 56.7 Å². The predicted octanol–water partition coefficient (Wildman–Crippen LogP) is 3.86. The first-order valence-corrected chi connectivity index (χ1v) is 9.14. The Bertz CT molecular complexity index is 843. The number of urea groups is 1. The maximum Gasteiger partial charge on any atom is 0.319 e. The number of benzene rings is 2. The third-order valence-corrected chi connectivity index (χ3v) is 3.90. The number of nitrogens with one attached hydrogen (secondary N) is 3. The highest BCUT2D eigenvalue weighted by Crippen LogP contribution is 2.20. The number of carbonyl (C=O) groups excluding carboxylic acids is 2. The Morgan fingerprint density at radius 2 is 1.82 bits per heavy atom. The summed E-state index contributed by atoms with van der Waals surface area (Å²) in [6.45, 7) is 6.18. The number of anilines is 1. The minimum Gasteiger partial charge on any atom is -0.496 e. The maximum atomic E-state index is 12.1. The third-order valence-electron chi connectivity index (χ3n) is 3.90. The number of carbonyl (C=O) groups is 2. The van der Waals surface area contributed by atoms with Crippen LogP contribution in [0.1, 0.15) is 30.5 Å². The molecule has 0 unspecified atom stereocenters. The Morgan fingerprint density at radius 3 is 2.46 bits per heavy atom. The Balaban J connectivity index is 1.87. The summed E-state index contributed by atoms with van der Waals surface area (Å²) in [5.74, 6) is 0.529. The fraction of sp³-hybridized carbons (Fsp3) is 0.273. The molecule has 0 saturated heterocycles. The van der Waals surface area contributed by atoms with Crippen LogP contribution in [0.3, 0.4) is 0 Å². The van der Waals surface area contributed by atoms with E-state index in [1.54, 1.807) is 25.3 Å². The van der Waals surface area contributed by atoms with Gasteiger partial charge in [0.15, 0.2) is 0 Å². The molecule has 6 nitrogen and oxygen atoms in total. The first-order chi connectivity index (χ1) is 13.4. The largest absolute Gasteiger partial charge is 0.496 e. The second-order valence-electron chi connectivity index (χ2n) is 6.75. The zero-order valence-electron chi connectivity index (χ0n) is 16.7. The highest BCUT2D eigenvalue weighted by atomic mass is 16.5. The highest BCUT2D eigenvalue weighted by Gasteiger charge is 2.04. The molecule has 0 spiro atoms. The lowest BCUT2D eigenvalue weighted by molar-refractivity contribution is -0.116. The first kappa shape index (κ1) is 21.0. The van der Waals surface area contributed by atoms with Crippen LogP contribution in [0.5, 0.6) is 5.75 Å². The average Bonchev–Trinajstić information content (AvgIpc) is 2.65. The summed E-state index contributed by atoms with van der Waals surface area (Å²) in [4.78, 5) is 23.8. The van der Waals surface area contributed by atoms with E-state index in [2.05, 4.69) is 16.0 Å². The number of hydrogen-bond donors (Lipinski definition) is 3. The van der Waals surface area contributed by atoms with E-state index in [9.17, 15) is 9.59 Å². The zero-order valence-corrected chi connectivity index (χ0v) is 16.7. The van der Waals surface area contributed by atoms with Gasteiger partial charge in [-0.15, -0.1) is 0 Å². The van der Waals surface area contributed by atoms with Crippen LogP contribution < -0.4 is 20.7 Å². The van der Waals surface area contributed by atoms with E-state index in [1.807, 2.05) is 51.1 Å². The van der Waals surface area contributed by atoms with Crippen molar-refractivity contribution in [1.82, 2.24) is 10.6 Å². The topological polar surface area (TPSA) is 79.5 Å². The van der Waals surface area contributed by atoms with Crippen LogP contribution in [0.2, 0.25) is 0 Å². The molecule has 0 atom stereocenters. The molecule has 3 N–H and O–H groups in total. The number of rotatable bonds is 7. The van der Waals surface area contributed by atoms with Crippen molar-refractivity contribution in [2.75, 3.05) is 12.4 Å². The molecule has 0 saturated carbocycles. The third kappa shape index (κ3) is 6.79. The lowest BCUT2D eigenvalue weighted by atomic mass is 10.1. The monoisotopic (exact) mass is 381 g/mol. The molecule has 2 aromatic carbocycles. The van der Waals surface area contributed by atoms with E-state index in [4.69, 9.17) is 4.74 Å². The molecular formula is C22H27N3O3. The quantitative estimate of drug-likeness (QED) is 0.637. The smallest absolute Gasteiger partial charge is 0.319 e. The van der Waals surface area contributed by atoms with E-state index in [-0.39, 0.29) is 18.0 Å². The van der Waals surface area contributed by atoms with Crippen LogP contribution in [0.15, 0.2) is 48.5 Å². The van der Waals surface area contributed by atoms with Gasteiger partial charge in [-0.2, -0.15) is 0 Å². The zero-order chi connectivity index (χ0) is 20.5. The van der Waals surface area contributed by atoms with E-state index in [0.717, 1.165) is 22.4 Å². The van der Waals surface area contributed by atoms with Gasteiger partial charge in [0.1, 0.15) is 5.75 Å². The number of ether oxygens (including phenoxy) is 1. The Labute approximate surface area is 166 Å². The van der Waals surface area contributed by atoms with Gasteiger partial charge in [-0.1, -0.05) is 23.8 Å². The predicted molar refractivity (Wildman–Crippen MR) is 112 cm³/mol. The molecule has 0 aromatic heterocycles. The summed E-state index contributed by atoms with van der Waals surface area (Å²) in [6, 6.07) is 12.9. The van der Waals surface area contributed by atoms with Gasteiger partial charge in [0, 0.05) is 29.9 Å². The van der Waals surface area contributed by atoms with Crippen molar-refractivity contribution in [3.05, 3.63) is 65.2 Å². The molecule has 0 aliphatic rings. The van der Waals surface area contributed by atoms with Gasteiger partial charge in [-0.3, -0.25) is 4.79 Å². The minimum atomic E-state index is -0.243. The van der Waals surface area contributed by atoms with Crippen LogP contribution in [0, 0.1) is 6.92 Å². The summed E-state index contributed by atoms with van der Waals surface area (Å²) in [5.41, 5.74) is 3.58. The normalized spacial score (nSPS) is 10.8. The molecule has 3 amide bonds. The van der Waals surface area contributed by atoms with Crippen molar-refractivity contribution in [3.8, 4) is 5.75 Å². The summed E-state index contributed by atoms with van der Waals surface area (Å²) in [5, 5.41) is 8.36. The number of hydrogen-bond acceptors (Lipinski definition) is 3. The van der Waals surface area contributed by atoms with Gasteiger partial charge < -0.3 is 20.7 Å². The molecule has 6 heteroatoms. The minimum absolute atomic E-state index is 0.0716. The number of amides is 3. The molecule has 2 rings (SSSR count). The lowest BCUT2D eigenvalue weighted by Crippen LogP contribution is -2.34. The Morgan fingerprint density at radius 1 is 1.11 bits per heavy atom. The van der Waals surface area contributed by atoms with Crippen LogP contribution in [-0.4, -0.2) is 25.1 Å². The van der Waals surface area contributed by atoms with E-state index >= 15 is 0 Å². The molecule has 0 aliphatic heterocycles. The van der Waals surface area contributed by atoms with E-state index in [0.29, 0.717) is 12.2 Å². The van der Waals surface area contributed by atoms with Gasteiger partial charge in [0.25, 0.3) is 0 Å². The van der Waals surface area contributed by atoms with Crippen LogP contribution >= 0.6 is 0 Å². The van der Waals surface area contributed by atoms with Crippen LogP contribution in [0.25, 0.3) is 6.08 Å². The maximum absolute atomic E-state index is 12.1. The molecule has 0 bridgehead atoms. The van der Waals surface area contributed by atoms with Gasteiger partial charge in [0.2, 0.25) is 5.91 Å². The van der Waals surface area contributed by atoms with Crippen LogP contribution in [-0.2, 0) is 11.3 Å². The standard InChI is InChI=1S/C22H27N3O3/c1-15(2)24-22(27)25-19-9-6-17(7-10-19)14-23-21(26)12-8-18-13-16(3)5-11-20(18)28-4/h5-13,15H,14H2,1-4H3,(H,23,26)(H2,24,25,27)/b12-8+. The van der Waals surface area contributed by atoms with E-state index < -0.39 is 0 Å². The van der Waals surface area contributed by atoms with Crippen molar-refractivity contribution in [2.45, 2.75) is 33.4 Å². The molecular weight excluding hydrogens is 354 g/mol. The van der Waals surface area contributed by atoms with Gasteiger partial charge in [0.05, 0.1) is 7.11 Å². The highest BCUT2D eigenvalue weighted by molar-refractivity contribution is 5.92. The van der Waals surface area contributed by atoms with Gasteiger partial charge in [-0.25, -0.2) is 4.79 Å². The molecule has 0 fully saturated rings. The molecule has 0 radical (unpaired) electrons. The van der Waals surface area contributed by atoms with Crippen LogP contribution in [0.4, 0.5) is 10.5 Å². The summed E-state index contributed by atoms with van der Waals surface area (Å²) in [7, 11) is 1.60. The molecule has 0 heterocycles. The molecule has 2 aromatic rings. The SMILES string of the molecule is COc1ccc(C)cc1/C=C/C(=O)NCc1ccc(NC(=O)NC(C)C)cc1. The number of methoxy groups -OCH3 is 1. The van der Waals surface area contributed by atoms with Gasteiger partial charge >= 0.3 is 6.03 Å². The fourth-order valence-corrected chi connectivity index (χ4v) is 2.53. The van der Waals surface area contributed by atoms with Crippen molar-refractivity contribution in [1.29, 1.82) is 0 Å². The average molecular weight is 381 g/mol. The lowest BCUT2D eigenvalue weighted by Gasteiger charge is -2.10. The molecule has 0 aliphatic carbocycles. The summed E-state index contributed by atoms with van der Waals surface area (Å²) < 4.78 is 5.30. The molecule has 148 valence electrons. The van der Waals surface area contributed by atoms with E-state index in [1.165, 1.54) is 6.08 Å². The Hall–Kier alpha value is -3.28. The summed E-state index contributed by atoms with van der Waals surface area (Å²) in [6.07, 6.45) is 3.23. The fourth-order valence-electron chi connectivity index (χ4n) is 2.53. The van der Waals surface area contributed by atoms with Crippen molar-refractivity contribution in [2.24, 2.45) is 0 Å². The second kappa shape index (κ2) is 10.2. The first-order valence-electron chi connectivity index (χ1n) is 9.14. The summed E-state index contributed by atoms with van der Waals surface area (Å²) >= 11 is 0. The number of aryl methyl sites for hydroxylation is 1. The van der Waals surface area contributed by atoms with Crippen molar-refractivity contribution >= 4 is 23.7 Å². The van der Waals surface area contributed by atoms with Crippen molar-refractivity contribution < 1.29 is 14.3 Å². The second-order valence-corrected chi connectivity index (χ2v) is 6.75.